The summed E-state index contributed by atoms with van der Waals surface area (Å²) in [5, 5.41) is 19.6. The number of guanidine groups is 1. The topological polar surface area (TPSA) is 244 Å². The summed E-state index contributed by atoms with van der Waals surface area (Å²) in [4.78, 5) is 91.6. The van der Waals surface area contributed by atoms with Gasteiger partial charge in [-0.3, -0.25) is 29.8 Å². The number of aliphatic hydroxyl groups excluding tert-OH is 1. The van der Waals surface area contributed by atoms with E-state index in [0.717, 1.165) is 6.08 Å². The van der Waals surface area contributed by atoms with Gasteiger partial charge in [-0.25, -0.2) is 19.4 Å². The smallest absolute Gasteiger partial charge is 0.414 e. The summed E-state index contributed by atoms with van der Waals surface area (Å²) >= 11 is 0. The van der Waals surface area contributed by atoms with Crippen molar-refractivity contribution in [2.75, 3.05) is 13.2 Å². The second kappa shape index (κ2) is 22.6. The van der Waals surface area contributed by atoms with Crippen LogP contribution in [0.5, 0.6) is 11.5 Å². The summed E-state index contributed by atoms with van der Waals surface area (Å²) in [5.74, 6) is -5.58. The third-order valence-electron chi connectivity index (χ3n) is 8.59. The molecule has 59 heavy (non-hydrogen) atoms. The molecular formula is C41H60N4O14. The Morgan fingerprint density at radius 3 is 1.88 bits per heavy atom. The summed E-state index contributed by atoms with van der Waals surface area (Å²) in [6.07, 6.45) is 0.544. The first-order valence-electron chi connectivity index (χ1n) is 19.5. The van der Waals surface area contributed by atoms with Crippen LogP contribution in [0.4, 0.5) is 9.59 Å². The van der Waals surface area contributed by atoms with Crippen molar-refractivity contribution in [2.24, 2.45) is 22.7 Å². The number of alkyl carbamates (subject to hydrolysis) is 2. The maximum Gasteiger partial charge on any atom is 0.414 e. The highest BCUT2D eigenvalue weighted by molar-refractivity contribution is 6.01. The van der Waals surface area contributed by atoms with E-state index in [4.69, 9.17) is 28.4 Å². The molecule has 328 valence electrons. The van der Waals surface area contributed by atoms with Gasteiger partial charge in [-0.2, -0.15) is 0 Å². The maximum absolute atomic E-state index is 13.5. The second-order valence-corrected chi connectivity index (χ2v) is 15.9. The van der Waals surface area contributed by atoms with Crippen LogP contribution in [-0.2, 0) is 42.9 Å². The number of carbonyl (C=O) groups is 7. The molecule has 1 aliphatic carbocycles. The van der Waals surface area contributed by atoms with E-state index in [0.29, 0.717) is 18.4 Å². The molecule has 0 aromatic heterocycles. The van der Waals surface area contributed by atoms with Crippen LogP contribution in [0.2, 0.25) is 0 Å². The molecular weight excluding hydrogens is 772 g/mol. The van der Waals surface area contributed by atoms with Crippen molar-refractivity contribution < 1.29 is 67.1 Å². The van der Waals surface area contributed by atoms with Gasteiger partial charge in [0.15, 0.2) is 11.5 Å². The number of aliphatic hydroxyl groups is 1. The Kier molecular flexibility index (Phi) is 19.0. The predicted octanol–water partition coefficient (Wildman–Crippen LogP) is 4.74. The average Bonchev–Trinajstić information content (AvgIpc) is 3.40. The second-order valence-electron chi connectivity index (χ2n) is 15.9. The Morgan fingerprint density at radius 2 is 1.37 bits per heavy atom. The Balaban J connectivity index is 2.25. The fraction of sp³-hybridized carbons (Fsp3) is 0.610. The number of carbonyl (C=O) groups excluding carboxylic acids is 7. The molecule has 18 nitrogen and oxygen atoms in total. The molecule has 1 aromatic rings. The van der Waals surface area contributed by atoms with E-state index >= 15 is 0 Å². The van der Waals surface area contributed by atoms with Gasteiger partial charge >= 0.3 is 36.1 Å². The standard InChI is InChI=1S/C41H60N4O14/c1-12-27(13-2)34(42-23(3)46)33-29(43-37(44-38(52)58-40(6,7)8)45-39(53)59-41(9,10)11)22-28(35(33)50)36(51)55-20-14-19-54-32(49)18-16-26-15-17-30(56-24(4)47)31(21-26)57-25(5)48/h15-18,21,27-29,33-35,50H,12-14,19-20,22H2,1-11H3,(H,42,46)(H2,43,44,45,52,53)/b18-16+/t28-,29+,33+,34-,35+/m0/s1. The number of ether oxygens (including phenoxy) is 6. The number of hydrogen-bond donors (Lipinski definition) is 4. The highest BCUT2D eigenvalue weighted by Crippen LogP contribution is 2.40. The number of rotatable bonds is 15. The molecule has 3 amide bonds. The molecule has 4 N–H and O–H groups in total. The van der Waals surface area contributed by atoms with Crippen LogP contribution in [-0.4, -0.2) is 95.6 Å². The van der Waals surface area contributed by atoms with Crippen LogP contribution in [0.25, 0.3) is 6.08 Å². The molecule has 1 aliphatic rings. The molecule has 0 spiro atoms. The van der Waals surface area contributed by atoms with E-state index in [1.165, 1.54) is 45.0 Å². The van der Waals surface area contributed by atoms with Crippen molar-refractivity contribution in [3.63, 3.8) is 0 Å². The molecule has 1 fully saturated rings. The lowest BCUT2D eigenvalue weighted by Gasteiger charge is -2.35. The Bertz CT molecular complexity index is 1690. The van der Waals surface area contributed by atoms with E-state index in [1.54, 1.807) is 41.5 Å². The van der Waals surface area contributed by atoms with Crippen molar-refractivity contribution in [2.45, 2.75) is 131 Å². The van der Waals surface area contributed by atoms with Crippen molar-refractivity contribution in [1.82, 2.24) is 16.0 Å². The van der Waals surface area contributed by atoms with E-state index in [-0.39, 0.29) is 55.3 Å². The van der Waals surface area contributed by atoms with Gasteiger partial charge in [0.2, 0.25) is 11.9 Å². The monoisotopic (exact) mass is 832 g/mol. The first kappa shape index (κ1) is 49.6. The van der Waals surface area contributed by atoms with Gasteiger partial charge in [-0.1, -0.05) is 32.8 Å². The van der Waals surface area contributed by atoms with Gasteiger partial charge in [0.1, 0.15) is 11.2 Å². The Morgan fingerprint density at radius 1 is 0.831 bits per heavy atom. The molecule has 0 saturated heterocycles. The summed E-state index contributed by atoms with van der Waals surface area (Å²) in [5.41, 5.74) is -1.36. The fourth-order valence-corrected chi connectivity index (χ4v) is 6.33. The molecule has 1 saturated carbocycles. The Hall–Kier alpha value is -5.52. The zero-order chi connectivity index (χ0) is 44.7. The van der Waals surface area contributed by atoms with E-state index in [9.17, 15) is 38.7 Å². The minimum atomic E-state index is -1.37. The van der Waals surface area contributed by atoms with Crippen LogP contribution >= 0.6 is 0 Å². The first-order chi connectivity index (χ1) is 27.4. The third kappa shape index (κ3) is 17.9. The number of amides is 3. The van der Waals surface area contributed by atoms with Crippen LogP contribution in [0.3, 0.4) is 0 Å². The Labute approximate surface area is 345 Å². The lowest BCUT2D eigenvalue weighted by molar-refractivity contribution is -0.152. The van der Waals surface area contributed by atoms with E-state index in [2.05, 4.69) is 20.9 Å². The summed E-state index contributed by atoms with van der Waals surface area (Å²) < 4.78 is 31.6. The normalized spacial score (nSPS) is 18.3. The number of hydrogen-bond acceptors (Lipinski definition) is 15. The molecule has 2 rings (SSSR count). The minimum Gasteiger partial charge on any atom is -0.465 e. The maximum atomic E-state index is 13.5. The highest BCUT2D eigenvalue weighted by Gasteiger charge is 2.51. The molecule has 5 atom stereocenters. The van der Waals surface area contributed by atoms with Gasteiger partial charge in [0, 0.05) is 45.2 Å². The molecule has 0 radical (unpaired) electrons. The quantitative estimate of drug-likeness (QED) is 0.0355. The van der Waals surface area contributed by atoms with Crippen molar-refractivity contribution >= 4 is 54.0 Å². The zero-order valence-electron chi connectivity index (χ0n) is 35.8. The fourth-order valence-electron chi connectivity index (χ4n) is 6.33. The van der Waals surface area contributed by atoms with Crippen LogP contribution in [0, 0.1) is 17.8 Å². The highest BCUT2D eigenvalue weighted by atomic mass is 16.6. The lowest BCUT2D eigenvalue weighted by atomic mass is 9.80. The van der Waals surface area contributed by atoms with Gasteiger partial charge in [0.25, 0.3) is 0 Å². The largest absolute Gasteiger partial charge is 0.465 e. The van der Waals surface area contributed by atoms with Gasteiger partial charge < -0.3 is 38.8 Å². The SMILES string of the molecule is CCC(CC)[C@H](NC(C)=O)[C@@H]1[C@H](O)[C@@H](C(=O)OCCCOC(=O)/C=C/c2ccc(OC(C)=O)c(OC(C)=O)c2)C[C@H]1N=C(NC(=O)OC(C)(C)C)NC(=O)OC(C)(C)C. The zero-order valence-corrected chi connectivity index (χ0v) is 35.8. The number of nitrogens with zero attached hydrogens (tertiary/aromatic N) is 1. The van der Waals surface area contributed by atoms with Crippen molar-refractivity contribution in [1.29, 1.82) is 0 Å². The first-order valence-corrected chi connectivity index (χ1v) is 19.5. The van der Waals surface area contributed by atoms with Crippen LogP contribution in [0.15, 0.2) is 29.3 Å². The minimum absolute atomic E-state index is 0.0154. The summed E-state index contributed by atoms with van der Waals surface area (Å²) in [7, 11) is 0. The van der Waals surface area contributed by atoms with Crippen LogP contribution < -0.4 is 25.4 Å². The van der Waals surface area contributed by atoms with Gasteiger partial charge in [-0.15, -0.1) is 0 Å². The molecule has 18 heteroatoms. The molecule has 0 bridgehead atoms. The van der Waals surface area contributed by atoms with Crippen molar-refractivity contribution in [3.05, 3.63) is 29.8 Å². The van der Waals surface area contributed by atoms with Crippen LogP contribution in [0.1, 0.15) is 107 Å². The molecule has 0 heterocycles. The average molecular weight is 833 g/mol. The number of esters is 4. The van der Waals surface area contributed by atoms with E-state index < -0.39 is 77.3 Å². The summed E-state index contributed by atoms with van der Waals surface area (Å²) in [6, 6.07) is 2.74. The lowest BCUT2D eigenvalue weighted by Crippen LogP contribution is -2.52. The number of nitrogens with one attached hydrogen (secondary N) is 3. The number of benzene rings is 1. The predicted molar refractivity (Wildman–Crippen MR) is 214 cm³/mol. The molecule has 0 aliphatic heterocycles. The molecule has 0 unspecified atom stereocenters. The van der Waals surface area contributed by atoms with Crippen molar-refractivity contribution in [3.8, 4) is 11.5 Å². The third-order valence-corrected chi connectivity index (χ3v) is 8.59. The van der Waals surface area contributed by atoms with Gasteiger partial charge in [0.05, 0.1) is 31.3 Å². The molecule has 1 aromatic carbocycles. The number of aliphatic imine (C=N–C) groups is 1. The van der Waals surface area contributed by atoms with E-state index in [1.807, 2.05) is 13.8 Å². The van der Waals surface area contributed by atoms with Gasteiger partial charge in [-0.05, 0) is 77.7 Å². The summed E-state index contributed by atoms with van der Waals surface area (Å²) in [6.45, 7) is 17.2.